The van der Waals surface area contributed by atoms with Crippen LogP contribution < -0.4 is 5.32 Å². The smallest absolute Gasteiger partial charge is 0.257 e. The number of ketones is 1. The number of hydrogen-bond acceptors (Lipinski definition) is 5. The summed E-state index contributed by atoms with van der Waals surface area (Å²) < 4.78 is 0. The molecule has 0 aliphatic heterocycles. The molecule has 120 valence electrons. The van der Waals surface area contributed by atoms with Gasteiger partial charge >= 0.3 is 0 Å². The number of benzene rings is 1. The number of hydrogen-bond donors (Lipinski definition) is 1. The van der Waals surface area contributed by atoms with Gasteiger partial charge in [-0.2, -0.15) is 0 Å². The minimum absolute atomic E-state index is 0.0634. The van der Waals surface area contributed by atoms with Crippen LogP contribution in [0.5, 0.6) is 0 Å². The molecule has 0 unspecified atom stereocenters. The third-order valence-electron chi connectivity index (χ3n) is 3.79. The van der Waals surface area contributed by atoms with Crippen molar-refractivity contribution in [3.63, 3.8) is 0 Å². The maximum absolute atomic E-state index is 12.4. The maximum atomic E-state index is 12.4. The van der Waals surface area contributed by atoms with Crippen molar-refractivity contribution in [2.75, 3.05) is 11.6 Å². The van der Waals surface area contributed by atoms with E-state index in [1.165, 1.54) is 11.3 Å². The normalized spacial score (nSPS) is 16.0. The lowest BCUT2D eigenvalue weighted by molar-refractivity contribution is 0.0915. The van der Waals surface area contributed by atoms with E-state index in [9.17, 15) is 9.59 Å². The molecule has 6 heteroatoms. The van der Waals surface area contributed by atoms with Crippen molar-refractivity contribution in [2.24, 2.45) is 5.41 Å². The number of carbonyl (C=O) groups excluding carboxylic acids is 2. The van der Waals surface area contributed by atoms with E-state index in [2.05, 4.69) is 24.1 Å². The number of nitrogens with zero attached hydrogens (tertiary/aromatic N) is 1. The summed E-state index contributed by atoms with van der Waals surface area (Å²) in [5.74, 6) is -0.0719. The molecule has 2 aromatic rings. The van der Waals surface area contributed by atoms with Crippen molar-refractivity contribution in [1.82, 2.24) is 4.98 Å². The van der Waals surface area contributed by atoms with Gasteiger partial charge in [-0.25, -0.2) is 4.98 Å². The Labute approximate surface area is 143 Å². The van der Waals surface area contributed by atoms with Crippen molar-refractivity contribution >= 4 is 39.9 Å². The number of amides is 1. The van der Waals surface area contributed by atoms with E-state index in [0.29, 0.717) is 22.0 Å². The molecule has 4 nitrogen and oxygen atoms in total. The molecule has 1 amide bonds. The van der Waals surface area contributed by atoms with Gasteiger partial charge in [0.05, 0.1) is 10.6 Å². The Balaban J connectivity index is 1.81. The fraction of sp³-hybridized carbons (Fsp3) is 0.353. The molecule has 1 heterocycles. The largest absolute Gasteiger partial charge is 0.298 e. The van der Waals surface area contributed by atoms with Crippen LogP contribution in [0.15, 0.2) is 29.2 Å². The summed E-state index contributed by atoms with van der Waals surface area (Å²) in [6, 6.07) is 7.45. The van der Waals surface area contributed by atoms with Crippen LogP contribution in [0.2, 0.25) is 0 Å². The molecule has 0 saturated carbocycles. The van der Waals surface area contributed by atoms with Crippen molar-refractivity contribution in [1.29, 1.82) is 0 Å². The van der Waals surface area contributed by atoms with Crippen LogP contribution in [0.25, 0.3) is 0 Å². The van der Waals surface area contributed by atoms with Crippen LogP contribution in [0.4, 0.5) is 5.13 Å². The summed E-state index contributed by atoms with van der Waals surface area (Å²) in [5, 5.41) is 3.32. The predicted octanol–water partition coefficient (Wildman–Crippen LogP) is 4.27. The molecule has 0 atom stereocenters. The third-order valence-corrected chi connectivity index (χ3v) is 5.57. The Morgan fingerprint density at radius 1 is 1.35 bits per heavy atom. The van der Waals surface area contributed by atoms with Crippen LogP contribution in [0, 0.1) is 5.41 Å². The van der Waals surface area contributed by atoms with Gasteiger partial charge in [0.2, 0.25) is 0 Å². The summed E-state index contributed by atoms with van der Waals surface area (Å²) in [6.45, 7) is 4.14. The summed E-state index contributed by atoms with van der Waals surface area (Å²) in [7, 11) is 0. The van der Waals surface area contributed by atoms with Crippen molar-refractivity contribution in [3.05, 3.63) is 40.4 Å². The Morgan fingerprint density at radius 2 is 2.13 bits per heavy atom. The average Bonchev–Trinajstić information content (AvgIpc) is 2.88. The third kappa shape index (κ3) is 3.48. The minimum Gasteiger partial charge on any atom is -0.298 e. The van der Waals surface area contributed by atoms with E-state index in [-0.39, 0.29) is 17.1 Å². The number of carbonyl (C=O) groups is 2. The van der Waals surface area contributed by atoms with Gasteiger partial charge < -0.3 is 0 Å². The lowest BCUT2D eigenvalue weighted by Gasteiger charge is -2.26. The fourth-order valence-corrected chi connectivity index (χ4v) is 4.08. The van der Waals surface area contributed by atoms with E-state index in [1.807, 2.05) is 24.5 Å². The molecule has 0 saturated heterocycles. The summed E-state index contributed by atoms with van der Waals surface area (Å²) in [4.78, 5) is 30.8. The molecule has 0 fully saturated rings. The first-order valence-electron chi connectivity index (χ1n) is 7.36. The molecule has 0 bridgehead atoms. The molecule has 0 spiro atoms. The van der Waals surface area contributed by atoms with Crippen molar-refractivity contribution < 1.29 is 9.59 Å². The van der Waals surface area contributed by atoms with E-state index < -0.39 is 0 Å². The number of Topliss-reactive ketones (excluding diaryl/α,β-unsaturated/α-hetero) is 1. The van der Waals surface area contributed by atoms with Gasteiger partial charge in [0.25, 0.3) is 5.91 Å². The molecule has 3 rings (SSSR count). The zero-order chi connectivity index (χ0) is 16.6. The van der Waals surface area contributed by atoms with Gasteiger partial charge in [0.15, 0.2) is 10.9 Å². The van der Waals surface area contributed by atoms with E-state index >= 15 is 0 Å². The van der Waals surface area contributed by atoms with Crippen molar-refractivity contribution in [3.8, 4) is 0 Å². The number of rotatable bonds is 3. The van der Waals surface area contributed by atoms with Gasteiger partial charge in [-0.1, -0.05) is 31.3 Å². The van der Waals surface area contributed by atoms with Crippen LogP contribution in [0.3, 0.4) is 0 Å². The Bertz CT molecular complexity index is 781. The topological polar surface area (TPSA) is 59.1 Å². The number of nitrogens with one attached hydrogen (secondary N) is 1. The molecule has 1 aliphatic rings. The van der Waals surface area contributed by atoms with Gasteiger partial charge in [0, 0.05) is 16.9 Å². The highest BCUT2D eigenvalue weighted by molar-refractivity contribution is 7.98. The SMILES string of the molecule is CSc1cccc(C(=O)Nc2nc3c(s2)C(=O)CC(C)(C)C3)c1. The van der Waals surface area contributed by atoms with Gasteiger partial charge in [-0.3, -0.25) is 14.9 Å². The molecule has 23 heavy (non-hydrogen) atoms. The number of anilines is 1. The number of thiazole rings is 1. The second-order valence-corrected chi connectivity index (χ2v) is 8.30. The van der Waals surface area contributed by atoms with Crippen LogP contribution >= 0.6 is 23.1 Å². The van der Waals surface area contributed by atoms with Gasteiger partial charge in [-0.15, -0.1) is 11.8 Å². The maximum Gasteiger partial charge on any atom is 0.257 e. The lowest BCUT2D eigenvalue weighted by atomic mass is 9.78. The summed E-state index contributed by atoms with van der Waals surface area (Å²) in [6.07, 6.45) is 3.27. The Hall–Kier alpha value is -1.66. The predicted molar refractivity (Wildman–Crippen MR) is 94.7 cm³/mol. The van der Waals surface area contributed by atoms with Crippen molar-refractivity contribution in [2.45, 2.75) is 31.6 Å². The summed E-state index contributed by atoms with van der Waals surface area (Å²) in [5.41, 5.74) is 1.34. The van der Waals surface area contributed by atoms with Gasteiger partial charge in [0.1, 0.15) is 0 Å². The lowest BCUT2D eigenvalue weighted by Crippen LogP contribution is -2.26. The molecular weight excluding hydrogens is 328 g/mol. The molecule has 1 aromatic carbocycles. The zero-order valence-corrected chi connectivity index (χ0v) is 14.9. The first-order valence-corrected chi connectivity index (χ1v) is 9.40. The van der Waals surface area contributed by atoms with Gasteiger partial charge in [-0.05, 0) is 36.3 Å². The number of aromatic nitrogens is 1. The van der Waals surface area contributed by atoms with E-state index in [1.54, 1.807) is 17.8 Å². The standard InChI is InChI=1S/C17H18N2O2S2/c1-17(2)8-12-14(13(20)9-17)23-16(18-12)19-15(21)10-5-4-6-11(7-10)22-3/h4-7H,8-9H2,1-3H3,(H,18,19,21). The molecule has 1 N–H and O–H groups in total. The van der Waals surface area contributed by atoms with Crippen LogP contribution in [-0.2, 0) is 6.42 Å². The molecular formula is C17H18N2O2S2. The first kappa shape index (κ1) is 16.2. The van der Waals surface area contributed by atoms with E-state index in [0.717, 1.165) is 17.0 Å². The van der Waals surface area contributed by atoms with Crippen LogP contribution in [-0.4, -0.2) is 22.9 Å². The highest BCUT2D eigenvalue weighted by atomic mass is 32.2. The quantitative estimate of drug-likeness (QED) is 0.843. The second-order valence-electron chi connectivity index (χ2n) is 6.42. The molecule has 1 aromatic heterocycles. The number of fused-ring (bicyclic) bond motifs is 1. The highest BCUT2D eigenvalue weighted by Crippen LogP contribution is 2.38. The first-order chi connectivity index (χ1) is 10.9. The molecule has 0 radical (unpaired) electrons. The minimum atomic E-state index is -0.196. The average molecular weight is 346 g/mol. The Kier molecular flexibility index (Phi) is 4.29. The molecule has 1 aliphatic carbocycles. The zero-order valence-electron chi connectivity index (χ0n) is 13.3. The fourth-order valence-electron chi connectivity index (χ4n) is 2.71. The monoisotopic (exact) mass is 346 g/mol. The summed E-state index contributed by atoms with van der Waals surface area (Å²) >= 11 is 2.87. The van der Waals surface area contributed by atoms with E-state index in [4.69, 9.17) is 0 Å². The second kappa shape index (κ2) is 6.09. The number of thioether (sulfide) groups is 1. The Morgan fingerprint density at radius 3 is 2.87 bits per heavy atom. The highest BCUT2D eigenvalue weighted by Gasteiger charge is 2.34. The van der Waals surface area contributed by atoms with Crippen LogP contribution in [0.1, 0.15) is 46.0 Å².